The Morgan fingerprint density at radius 2 is 2.56 bits per heavy atom. The maximum atomic E-state index is 4.28. The van der Waals surface area contributed by atoms with Crippen LogP contribution in [0, 0.1) is 5.92 Å². The zero-order valence-corrected chi connectivity index (χ0v) is 10.7. The van der Waals surface area contributed by atoms with E-state index in [1.807, 2.05) is 11.6 Å². The fourth-order valence-electron chi connectivity index (χ4n) is 2.22. The summed E-state index contributed by atoms with van der Waals surface area (Å²) < 4.78 is 0. The minimum absolute atomic E-state index is 0.667. The number of rotatable bonds is 5. The summed E-state index contributed by atoms with van der Waals surface area (Å²) in [4.78, 5) is 4.28. The molecule has 1 aliphatic rings. The predicted molar refractivity (Wildman–Crippen MR) is 68.9 cm³/mol. The molecule has 1 aliphatic heterocycles. The Kier molecular flexibility index (Phi) is 4.75. The van der Waals surface area contributed by atoms with E-state index in [-0.39, 0.29) is 0 Å². The van der Waals surface area contributed by atoms with Crippen LogP contribution in [0.4, 0.5) is 0 Å². The largest absolute Gasteiger partial charge is 0.315 e. The van der Waals surface area contributed by atoms with Gasteiger partial charge in [-0.25, -0.2) is 4.98 Å². The smallest absolute Gasteiger partial charge is 0.0937 e. The van der Waals surface area contributed by atoms with Crippen molar-refractivity contribution in [3.63, 3.8) is 0 Å². The van der Waals surface area contributed by atoms with Crippen molar-refractivity contribution in [2.75, 3.05) is 19.6 Å². The van der Waals surface area contributed by atoms with Gasteiger partial charge in [-0.05, 0) is 25.3 Å². The van der Waals surface area contributed by atoms with Crippen LogP contribution in [0.1, 0.15) is 24.8 Å². The first-order valence-electron chi connectivity index (χ1n) is 6.17. The van der Waals surface area contributed by atoms with E-state index in [0.717, 1.165) is 25.4 Å². The number of aromatic nitrogens is 1. The molecule has 1 aromatic heterocycles. The molecule has 0 bridgehead atoms. The molecule has 0 aromatic carbocycles. The molecular weight excluding hydrogens is 218 g/mol. The Hall–Kier alpha value is -0.450. The molecule has 0 radical (unpaired) electrons. The lowest BCUT2D eigenvalue weighted by molar-refractivity contribution is 0.311. The van der Waals surface area contributed by atoms with Gasteiger partial charge in [0.25, 0.3) is 0 Å². The maximum Gasteiger partial charge on any atom is 0.0937 e. The van der Waals surface area contributed by atoms with Crippen molar-refractivity contribution in [3.8, 4) is 0 Å². The number of hydrogen-bond acceptors (Lipinski definition) is 4. The first-order chi connectivity index (χ1) is 7.84. The third kappa shape index (κ3) is 3.85. The second-order valence-electron chi connectivity index (χ2n) is 4.66. The normalized spacial score (nSPS) is 25.8. The number of hydrogen-bond donors (Lipinski definition) is 2. The lowest BCUT2D eigenvalue weighted by Crippen LogP contribution is -2.44. The van der Waals surface area contributed by atoms with Crippen LogP contribution in [0.5, 0.6) is 0 Å². The zero-order valence-electron chi connectivity index (χ0n) is 9.91. The van der Waals surface area contributed by atoms with Gasteiger partial charge < -0.3 is 10.6 Å². The summed E-state index contributed by atoms with van der Waals surface area (Å²) in [7, 11) is 0. The molecule has 2 N–H and O–H groups in total. The SMILES string of the molecule is CC1CCNC(CNCCc2nccs2)C1. The van der Waals surface area contributed by atoms with E-state index in [0.29, 0.717) is 6.04 Å². The first-order valence-corrected chi connectivity index (χ1v) is 7.05. The Labute approximate surface area is 102 Å². The molecule has 90 valence electrons. The zero-order chi connectivity index (χ0) is 11.2. The molecule has 16 heavy (non-hydrogen) atoms. The molecule has 2 unspecified atom stereocenters. The molecule has 3 nitrogen and oxygen atoms in total. The van der Waals surface area contributed by atoms with E-state index in [2.05, 4.69) is 22.5 Å². The van der Waals surface area contributed by atoms with Crippen LogP contribution in [0.3, 0.4) is 0 Å². The maximum absolute atomic E-state index is 4.28. The molecule has 0 amide bonds. The summed E-state index contributed by atoms with van der Waals surface area (Å²) in [5, 5.41) is 10.4. The van der Waals surface area contributed by atoms with E-state index < -0.39 is 0 Å². The van der Waals surface area contributed by atoms with Crippen LogP contribution in [-0.4, -0.2) is 30.7 Å². The minimum atomic E-state index is 0.667. The van der Waals surface area contributed by atoms with E-state index in [1.165, 1.54) is 24.4 Å². The number of nitrogens with zero attached hydrogens (tertiary/aromatic N) is 1. The van der Waals surface area contributed by atoms with Crippen LogP contribution < -0.4 is 10.6 Å². The number of piperidine rings is 1. The average Bonchev–Trinajstić information content (AvgIpc) is 2.77. The highest BCUT2D eigenvalue weighted by molar-refractivity contribution is 7.09. The molecule has 1 aromatic rings. The molecule has 4 heteroatoms. The molecule has 2 rings (SSSR count). The van der Waals surface area contributed by atoms with Gasteiger partial charge in [0, 0.05) is 37.1 Å². The van der Waals surface area contributed by atoms with Gasteiger partial charge in [-0.15, -0.1) is 11.3 Å². The van der Waals surface area contributed by atoms with Gasteiger partial charge in [0.05, 0.1) is 5.01 Å². The van der Waals surface area contributed by atoms with Gasteiger partial charge in [0.2, 0.25) is 0 Å². The summed E-state index contributed by atoms with van der Waals surface area (Å²) >= 11 is 1.74. The van der Waals surface area contributed by atoms with Crippen molar-refractivity contribution in [1.82, 2.24) is 15.6 Å². The predicted octanol–water partition coefficient (Wildman–Crippen LogP) is 1.66. The highest BCUT2D eigenvalue weighted by Crippen LogP contribution is 2.14. The third-order valence-corrected chi connectivity index (χ3v) is 3.99. The summed E-state index contributed by atoms with van der Waals surface area (Å²) in [6.07, 6.45) is 5.57. The molecule has 0 saturated carbocycles. The van der Waals surface area contributed by atoms with Crippen LogP contribution in [-0.2, 0) is 6.42 Å². The van der Waals surface area contributed by atoms with Gasteiger partial charge in [0.1, 0.15) is 0 Å². The van der Waals surface area contributed by atoms with Crippen LogP contribution in [0.15, 0.2) is 11.6 Å². The van der Waals surface area contributed by atoms with E-state index in [9.17, 15) is 0 Å². The minimum Gasteiger partial charge on any atom is -0.315 e. The van der Waals surface area contributed by atoms with E-state index in [1.54, 1.807) is 11.3 Å². The van der Waals surface area contributed by atoms with Crippen molar-refractivity contribution >= 4 is 11.3 Å². The quantitative estimate of drug-likeness (QED) is 0.767. The van der Waals surface area contributed by atoms with Crippen molar-refractivity contribution in [2.24, 2.45) is 5.92 Å². The van der Waals surface area contributed by atoms with Gasteiger partial charge >= 0.3 is 0 Å². The molecule has 1 fully saturated rings. The number of nitrogens with one attached hydrogen (secondary N) is 2. The van der Waals surface area contributed by atoms with Gasteiger partial charge in [-0.1, -0.05) is 6.92 Å². The lowest BCUT2D eigenvalue weighted by atomic mass is 9.94. The third-order valence-electron chi connectivity index (χ3n) is 3.15. The van der Waals surface area contributed by atoms with Gasteiger partial charge in [-0.2, -0.15) is 0 Å². The topological polar surface area (TPSA) is 37.0 Å². The molecule has 2 heterocycles. The van der Waals surface area contributed by atoms with Crippen molar-refractivity contribution < 1.29 is 0 Å². The fraction of sp³-hybridized carbons (Fsp3) is 0.750. The van der Waals surface area contributed by atoms with E-state index in [4.69, 9.17) is 0 Å². The highest BCUT2D eigenvalue weighted by Gasteiger charge is 2.17. The second-order valence-corrected chi connectivity index (χ2v) is 5.64. The number of thiazole rings is 1. The van der Waals surface area contributed by atoms with Crippen molar-refractivity contribution in [1.29, 1.82) is 0 Å². The fourth-order valence-corrected chi connectivity index (χ4v) is 2.84. The summed E-state index contributed by atoms with van der Waals surface area (Å²) in [6.45, 7) is 5.67. The average molecular weight is 239 g/mol. The van der Waals surface area contributed by atoms with Crippen LogP contribution in [0.2, 0.25) is 0 Å². The Bertz CT molecular complexity index is 286. The Balaban J connectivity index is 1.57. The molecule has 2 atom stereocenters. The van der Waals surface area contributed by atoms with Crippen molar-refractivity contribution in [2.45, 2.75) is 32.2 Å². The Morgan fingerprint density at radius 3 is 3.31 bits per heavy atom. The molecule has 1 saturated heterocycles. The van der Waals surface area contributed by atoms with Crippen molar-refractivity contribution in [3.05, 3.63) is 16.6 Å². The van der Waals surface area contributed by atoms with Crippen LogP contribution in [0.25, 0.3) is 0 Å². The van der Waals surface area contributed by atoms with E-state index >= 15 is 0 Å². The second kappa shape index (κ2) is 6.33. The monoisotopic (exact) mass is 239 g/mol. The lowest BCUT2D eigenvalue weighted by Gasteiger charge is -2.28. The Morgan fingerprint density at radius 1 is 1.62 bits per heavy atom. The van der Waals surface area contributed by atoms with Gasteiger partial charge in [0.15, 0.2) is 0 Å². The summed E-state index contributed by atoms with van der Waals surface area (Å²) in [6, 6.07) is 0.667. The summed E-state index contributed by atoms with van der Waals surface area (Å²) in [5.41, 5.74) is 0. The van der Waals surface area contributed by atoms with Gasteiger partial charge in [-0.3, -0.25) is 0 Å². The molecular formula is C12H21N3S. The molecule has 0 spiro atoms. The highest BCUT2D eigenvalue weighted by atomic mass is 32.1. The first kappa shape index (κ1) is 12.0. The molecule has 0 aliphatic carbocycles. The summed E-state index contributed by atoms with van der Waals surface area (Å²) in [5.74, 6) is 0.881. The van der Waals surface area contributed by atoms with Crippen LogP contribution >= 0.6 is 11.3 Å². The standard InChI is InChI=1S/C12H21N3S/c1-10-2-5-14-11(8-10)9-13-4-3-12-15-6-7-16-12/h6-7,10-11,13-14H,2-5,8-9H2,1H3.